The third-order valence-corrected chi connectivity index (χ3v) is 6.78. The number of para-hydroxylation sites is 1. The minimum atomic E-state index is -0.486. The molecular formula is C30H34ClN5O6. The molecule has 0 unspecified atom stereocenters. The molecule has 0 radical (unpaired) electrons. The van der Waals surface area contributed by atoms with Crippen molar-refractivity contribution in [3.05, 3.63) is 82.4 Å². The molecular weight excluding hydrogens is 562 g/mol. The Kier molecular flexibility index (Phi) is 10.8. The van der Waals surface area contributed by atoms with Crippen LogP contribution in [-0.2, 0) is 16.1 Å². The first-order chi connectivity index (χ1) is 20.4. The van der Waals surface area contributed by atoms with Crippen molar-refractivity contribution < 1.29 is 29.0 Å². The number of amides is 1. The molecule has 0 aromatic heterocycles. The lowest BCUT2D eigenvalue weighted by molar-refractivity contribution is -0.145. The van der Waals surface area contributed by atoms with Crippen molar-refractivity contribution in [2.75, 3.05) is 37.0 Å². The molecule has 3 aromatic carbocycles. The molecule has 12 heteroatoms. The maximum absolute atomic E-state index is 13.2. The number of oxime groups is 1. The largest absolute Gasteiger partial charge is 0.488 e. The van der Waals surface area contributed by atoms with E-state index in [2.05, 4.69) is 21.1 Å². The molecule has 1 aliphatic heterocycles. The zero-order chi connectivity index (χ0) is 29.9. The number of esters is 1. The fraction of sp³-hybridized carbons (Fsp3) is 0.300. The smallest absolute Gasteiger partial charge is 0.344 e. The maximum atomic E-state index is 13.2. The molecule has 0 aliphatic carbocycles. The fourth-order valence-electron chi connectivity index (χ4n) is 4.43. The number of halogens is 1. The first kappa shape index (κ1) is 30.5. The van der Waals surface area contributed by atoms with Crippen LogP contribution in [0.4, 0.5) is 11.4 Å². The first-order valence-corrected chi connectivity index (χ1v) is 13.9. The van der Waals surface area contributed by atoms with Crippen molar-refractivity contribution in [3.63, 3.8) is 0 Å². The Morgan fingerprint density at radius 1 is 1.14 bits per heavy atom. The molecule has 1 saturated heterocycles. The number of anilines is 2. The van der Waals surface area contributed by atoms with E-state index in [0.717, 1.165) is 24.9 Å². The molecule has 1 amide bonds. The summed E-state index contributed by atoms with van der Waals surface area (Å²) >= 11 is 6.24. The van der Waals surface area contributed by atoms with E-state index in [1.165, 1.54) is 0 Å². The van der Waals surface area contributed by atoms with Crippen molar-refractivity contribution in [1.29, 1.82) is 0 Å². The average Bonchev–Trinajstić information content (AvgIpc) is 3.52. The summed E-state index contributed by atoms with van der Waals surface area (Å²) in [7, 11) is 0. The number of carbonyl (C=O) groups is 2. The predicted molar refractivity (Wildman–Crippen MR) is 161 cm³/mol. The molecule has 1 atom stereocenters. The van der Waals surface area contributed by atoms with E-state index < -0.39 is 11.9 Å². The SMILES string of the molecule is CCOC(=O)COc1c(CNc2ccc(Cl)cc2C(=O)Nc2ccc(/C(N)=N/O)cc2)cccc1OC[C@H]1CCCN1. The van der Waals surface area contributed by atoms with Gasteiger partial charge in [0.05, 0.1) is 12.2 Å². The summed E-state index contributed by atoms with van der Waals surface area (Å²) in [5.74, 6) is 0.0131. The average molecular weight is 596 g/mol. The lowest BCUT2D eigenvalue weighted by atomic mass is 10.1. The van der Waals surface area contributed by atoms with Crippen LogP contribution in [0.3, 0.4) is 0 Å². The fourth-order valence-corrected chi connectivity index (χ4v) is 4.60. The second-order valence-corrected chi connectivity index (χ2v) is 9.94. The van der Waals surface area contributed by atoms with E-state index in [1.54, 1.807) is 55.5 Å². The molecule has 3 aromatic rings. The van der Waals surface area contributed by atoms with E-state index >= 15 is 0 Å². The number of amidine groups is 1. The number of benzene rings is 3. The van der Waals surface area contributed by atoms with Gasteiger partial charge in [-0.05, 0) is 74.8 Å². The Morgan fingerprint density at radius 3 is 2.67 bits per heavy atom. The Labute approximate surface area is 249 Å². The van der Waals surface area contributed by atoms with Gasteiger partial charge < -0.3 is 41.1 Å². The molecule has 4 rings (SSSR count). The molecule has 0 saturated carbocycles. The van der Waals surface area contributed by atoms with Gasteiger partial charge in [0.25, 0.3) is 5.91 Å². The third kappa shape index (κ3) is 8.27. The highest BCUT2D eigenvalue weighted by Gasteiger charge is 2.19. The van der Waals surface area contributed by atoms with Crippen LogP contribution in [0, 0.1) is 0 Å². The van der Waals surface area contributed by atoms with Gasteiger partial charge in [-0.25, -0.2) is 4.79 Å². The van der Waals surface area contributed by atoms with Crippen molar-refractivity contribution in [1.82, 2.24) is 5.32 Å². The Balaban J connectivity index is 1.52. The number of nitrogens with one attached hydrogen (secondary N) is 3. The first-order valence-electron chi connectivity index (χ1n) is 13.6. The summed E-state index contributed by atoms with van der Waals surface area (Å²) in [5, 5.41) is 21.7. The van der Waals surface area contributed by atoms with Crippen LogP contribution in [0.5, 0.6) is 11.5 Å². The predicted octanol–water partition coefficient (Wildman–Crippen LogP) is 4.37. The highest BCUT2D eigenvalue weighted by Crippen LogP contribution is 2.33. The van der Waals surface area contributed by atoms with Crippen LogP contribution in [-0.4, -0.2) is 55.3 Å². The van der Waals surface area contributed by atoms with E-state index in [1.807, 2.05) is 12.1 Å². The molecule has 42 heavy (non-hydrogen) atoms. The van der Waals surface area contributed by atoms with E-state index in [-0.39, 0.29) is 31.6 Å². The molecule has 11 nitrogen and oxygen atoms in total. The monoisotopic (exact) mass is 595 g/mol. The third-order valence-electron chi connectivity index (χ3n) is 6.54. The minimum absolute atomic E-state index is 0.0375. The number of hydrogen-bond donors (Lipinski definition) is 5. The van der Waals surface area contributed by atoms with Crippen molar-refractivity contribution in [3.8, 4) is 11.5 Å². The quantitative estimate of drug-likeness (QED) is 0.0636. The van der Waals surface area contributed by atoms with Gasteiger partial charge in [0.2, 0.25) is 0 Å². The van der Waals surface area contributed by atoms with E-state index in [9.17, 15) is 9.59 Å². The minimum Gasteiger partial charge on any atom is -0.488 e. The van der Waals surface area contributed by atoms with Gasteiger partial charge in [-0.1, -0.05) is 28.9 Å². The normalized spacial score (nSPS) is 14.7. The van der Waals surface area contributed by atoms with Gasteiger partial charge in [0.1, 0.15) is 6.61 Å². The molecule has 0 bridgehead atoms. The Bertz CT molecular complexity index is 1410. The molecule has 1 fully saturated rings. The Hall–Kier alpha value is -4.48. The summed E-state index contributed by atoms with van der Waals surface area (Å²) in [6.07, 6.45) is 2.12. The summed E-state index contributed by atoms with van der Waals surface area (Å²) in [5.41, 5.74) is 8.20. The van der Waals surface area contributed by atoms with Crippen molar-refractivity contribution in [2.45, 2.75) is 32.4 Å². The van der Waals surface area contributed by atoms with Crippen LogP contribution in [0.2, 0.25) is 5.02 Å². The zero-order valence-corrected chi connectivity index (χ0v) is 23.9. The van der Waals surface area contributed by atoms with Gasteiger partial charge in [-0.15, -0.1) is 0 Å². The second-order valence-electron chi connectivity index (χ2n) is 9.50. The second kappa shape index (κ2) is 14.9. The number of ether oxygens (including phenoxy) is 3. The van der Waals surface area contributed by atoms with E-state index in [4.69, 9.17) is 36.8 Å². The summed E-state index contributed by atoms with van der Waals surface area (Å²) in [6.45, 7) is 3.39. The van der Waals surface area contributed by atoms with Gasteiger partial charge >= 0.3 is 5.97 Å². The lowest BCUT2D eigenvalue weighted by Crippen LogP contribution is -2.28. The zero-order valence-electron chi connectivity index (χ0n) is 23.2. The standard InChI is InChI=1S/C30H34ClN5O6/c1-2-40-27(37)18-42-28-20(5-3-7-26(28)41-17-23-6-4-14-33-23)16-34-25-13-10-21(31)15-24(25)30(38)35-22-11-8-19(9-12-22)29(32)36-39/h3,5,7-13,15,23,33-34,39H,2,4,6,14,16-18H2,1H3,(H2,32,36)(H,35,38)/t23-/m1/s1. The summed E-state index contributed by atoms with van der Waals surface area (Å²) in [4.78, 5) is 25.3. The number of carbonyl (C=O) groups excluding carboxylic acids is 2. The molecule has 1 aliphatic rings. The van der Waals surface area contributed by atoms with Gasteiger partial charge in [0, 0.05) is 40.1 Å². The van der Waals surface area contributed by atoms with Gasteiger partial charge in [-0.2, -0.15) is 0 Å². The van der Waals surface area contributed by atoms with Crippen LogP contribution >= 0.6 is 11.6 Å². The number of hydrogen-bond acceptors (Lipinski definition) is 9. The number of nitrogens with two attached hydrogens (primary N) is 1. The van der Waals surface area contributed by atoms with Crippen LogP contribution in [0.25, 0.3) is 0 Å². The molecule has 0 spiro atoms. The summed E-state index contributed by atoms with van der Waals surface area (Å²) < 4.78 is 17.0. The highest BCUT2D eigenvalue weighted by molar-refractivity contribution is 6.31. The maximum Gasteiger partial charge on any atom is 0.344 e. The molecule has 1 heterocycles. The topological polar surface area (TPSA) is 157 Å². The van der Waals surface area contributed by atoms with Gasteiger partial charge in [0.15, 0.2) is 23.9 Å². The lowest BCUT2D eigenvalue weighted by Gasteiger charge is -2.19. The van der Waals surface area contributed by atoms with Gasteiger partial charge in [-0.3, -0.25) is 4.79 Å². The summed E-state index contributed by atoms with van der Waals surface area (Å²) in [6, 6.07) is 17.2. The van der Waals surface area contributed by atoms with Crippen LogP contribution in [0.1, 0.15) is 41.3 Å². The Morgan fingerprint density at radius 2 is 1.95 bits per heavy atom. The van der Waals surface area contributed by atoms with E-state index in [0.29, 0.717) is 45.6 Å². The van der Waals surface area contributed by atoms with Crippen LogP contribution in [0.15, 0.2) is 65.8 Å². The number of rotatable bonds is 13. The highest BCUT2D eigenvalue weighted by atomic mass is 35.5. The van der Waals surface area contributed by atoms with Crippen LogP contribution < -0.4 is 31.2 Å². The molecule has 6 N–H and O–H groups in total. The molecule has 222 valence electrons. The number of nitrogens with zero attached hydrogens (tertiary/aromatic N) is 1. The van der Waals surface area contributed by atoms with Crippen molar-refractivity contribution >= 4 is 40.7 Å². The van der Waals surface area contributed by atoms with Crippen molar-refractivity contribution in [2.24, 2.45) is 10.9 Å².